The fourth-order valence-corrected chi connectivity index (χ4v) is 4.58. The van der Waals surface area contributed by atoms with Gasteiger partial charge in [-0.05, 0) is 58.7 Å². The number of hydrogen-bond acceptors (Lipinski definition) is 5. The molecule has 2 aromatic rings. The number of carbonyl (C=O) groups excluding carboxylic acids is 1. The molecule has 6 heteroatoms. The van der Waals surface area contributed by atoms with E-state index in [-0.39, 0.29) is 11.5 Å². The average molecular weight is 395 g/mol. The lowest BCUT2D eigenvalue weighted by Crippen LogP contribution is -2.50. The Balaban J connectivity index is 1.60. The van der Waals surface area contributed by atoms with Gasteiger partial charge in [0.2, 0.25) is 0 Å². The van der Waals surface area contributed by atoms with Crippen molar-refractivity contribution in [2.45, 2.75) is 44.8 Å². The molecular formula is C23H30N4O2. The van der Waals surface area contributed by atoms with Crippen LogP contribution in [0.25, 0.3) is 0 Å². The van der Waals surface area contributed by atoms with Crippen LogP contribution in [0.5, 0.6) is 5.75 Å². The zero-order valence-corrected chi connectivity index (χ0v) is 17.6. The van der Waals surface area contributed by atoms with Crippen LogP contribution in [0.3, 0.4) is 0 Å². The van der Waals surface area contributed by atoms with E-state index in [0.717, 1.165) is 49.2 Å². The van der Waals surface area contributed by atoms with E-state index >= 15 is 0 Å². The van der Waals surface area contributed by atoms with Gasteiger partial charge < -0.3 is 14.5 Å². The van der Waals surface area contributed by atoms with Crippen molar-refractivity contribution in [1.29, 1.82) is 0 Å². The number of amides is 1. The standard InChI is InChI=1S/C23H30N4O2/c1-17-12-25-20(13-24-17)22(28)27-15-19-6-4-5-7-21(19)29-23(16-27)10-8-18(9-11-23)14-26(2)3/h4-7,12-13,18H,8-11,14-16H2,1-3H3. The maximum Gasteiger partial charge on any atom is 0.274 e. The summed E-state index contributed by atoms with van der Waals surface area (Å²) < 4.78 is 6.63. The summed E-state index contributed by atoms with van der Waals surface area (Å²) in [6.07, 6.45) is 7.39. The van der Waals surface area contributed by atoms with Crippen LogP contribution in [0.2, 0.25) is 0 Å². The van der Waals surface area contributed by atoms with E-state index in [1.54, 1.807) is 12.4 Å². The van der Waals surface area contributed by atoms with Crippen LogP contribution < -0.4 is 4.74 Å². The quantitative estimate of drug-likeness (QED) is 0.799. The van der Waals surface area contributed by atoms with Crippen molar-refractivity contribution in [2.24, 2.45) is 5.92 Å². The van der Waals surface area contributed by atoms with Gasteiger partial charge in [-0.15, -0.1) is 0 Å². The molecule has 0 unspecified atom stereocenters. The first-order valence-corrected chi connectivity index (χ1v) is 10.4. The Kier molecular flexibility index (Phi) is 5.54. The molecular weight excluding hydrogens is 364 g/mol. The summed E-state index contributed by atoms with van der Waals surface area (Å²) in [4.78, 5) is 26.0. The van der Waals surface area contributed by atoms with Gasteiger partial charge in [0.25, 0.3) is 5.91 Å². The fourth-order valence-electron chi connectivity index (χ4n) is 4.58. The third-order valence-electron chi connectivity index (χ3n) is 6.07. The second-order valence-corrected chi connectivity index (χ2v) is 8.80. The molecule has 4 rings (SSSR count). The molecule has 0 bridgehead atoms. The fraction of sp³-hybridized carbons (Fsp3) is 0.522. The van der Waals surface area contributed by atoms with Crippen molar-refractivity contribution in [1.82, 2.24) is 19.8 Å². The molecule has 0 radical (unpaired) electrons. The number of carbonyl (C=O) groups is 1. The summed E-state index contributed by atoms with van der Waals surface area (Å²) >= 11 is 0. The molecule has 1 aliphatic heterocycles. The van der Waals surface area contributed by atoms with Gasteiger partial charge in [0.15, 0.2) is 0 Å². The molecule has 1 fully saturated rings. The first-order valence-electron chi connectivity index (χ1n) is 10.4. The van der Waals surface area contributed by atoms with E-state index in [0.29, 0.717) is 24.7 Å². The predicted octanol–water partition coefficient (Wildman–Crippen LogP) is 3.31. The molecule has 1 spiro atoms. The van der Waals surface area contributed by atoms with Crippen LogP contribution in [0, 0.1) is 12.8 Å². The smallest absolute Gasteiger partial charge is 0.274 e. The van der Waals surface area contributed by atoms with Crippen LogP contribution >= 0.6 is 0 Å². The van der Waals surface area contributed by atoms with E-state index in [4.69, 9.17) is 4.74 Å². The Morgan fingerprint density at radius 2 is 1.97 bits per heavy atom. The first kappa shape index (κ1) is 19.8. The van der Waals surface area contributed by atoms with Gasteiger partial charge >= 0.3 is 0 Å². The Labute approximate surface area is 172 Å². The Bertz CT molecular complexity index is 857. The van der Waals surface area contributed by atoms with Crippen molar-refractivity contribution in [3.05, 3.63) is 53.6 Å². The van der Waals surface area contributed by atoms with Crippen molar-refractivity contribution in [3.63, 3.8) is 0 Å². The second-order valence-electron chi connectivity index (χ2n) is 8.80. The summed E-state index contributed by atoms with van der Waals surface area (Å²) in [5, 5.41) is 0. The zero-order valence-electron chi connectivity index (χ0n) is 17.6. The molecule has 6 nitrogen and oxygen atoms in total. The lowest BCUT2D eigenvalue weighted by molar-refractivity contribution is -0.00738. The highest BCUT2D eigenvalue weighted by Gasteiger charge is 2.42. The Morgan fingerprint density at radius 3 is 2.66 bits per heavy atom. The largest absolute Gasteiger partial charge is 0.485 e. The summed E-state index contributed by atoms with van der Waals surface area (Å²) in [6.45, 7) is 4.10. The van der Waals surface area contributed by atoms with Crippen molar-refractivity contribution in [3.8, 4) is 5.75 Å². The number of hydrogen-bond donors (Lipinski definition) is 0. The molecule has 2 heterocycles. The SMILES string of the molecule is Cc1cnc(C(=O)N2Cc3ccccc3OC3(CCC(CN(C)C)CC3)C2)cn1. The van der Waals surface area contributed by atoms with Gasteiger partial charge in [0.05, 0.1) is 18.4 Å². The molecule has 1 aliphatic carbocycles. The minimum Gasteiger partial charge on any atom is -0.485 e. The van der Waals surface area contributed by atoms with Gasteiger partial charge in [-0.2, -0.15) is 0 Å². The average Bonchev–Trinajstić information content (AvgIpc) is 2.86. The van der Waals surface area contributed by atoms with Crippen LogP contribution in [0.15, 0.2) is 36.7 Å². The van der Waals surface area contributed by atoms with Gasteiger partial charge in [-0.25, -0.2) is 4.98 Å². The van der Waals surface area contributed by atoms with Crippen LogP contribution in [0.1, 0.15) is 47.4 Å². The summed E-state index contributed by atoms with van der Waals surface area (Å²) in [5.74, 6) is 1.52. The second kappa shape index (κ2) is 8.11. The normalized spacial score (nSPS) is 24.1. The summed E-state index contributed by atoms with van der Waals surface area (Å²) in [7, 11) is 4.26. The minimum absolute atomic E-state index is 0.0763. The third-order valence-corrected chi connectivity index (χ3v) is 6.07. The lowest BCUT2D eigenvalue weighted by Gasteiger charge is -2.42. The number of aromatic nitrogens is 2. The number of benzene rings is 1. The Hall–Kier alpha value is -2.47. The third kappa shape index (κ3) is 4.42. The molecule has 1 aromatic carbocycles. The highest BCUT2D eigenvalue weighted by Crippen LogP contribution is 2.40. The maximum atomic E-state index is 13.3. The monoisotopic (exact) mass is 394 g/mol. The van der Waals surface area contributed by atoms with E-state index in [1.807, 2.05) is 36.1 Å². The zero-order chi connectivity index (χ0) is 20.4. The number of fused-ring (bicyclic) bond motifs is 1. The van der Waals surface area contributed by atoms with E-state index in [1.165, 1.54) is 0 Å². The number of nitrogens with zero attached hydrogens (tertiary/aromatic N) is 4. The molecule has 0 atom stereocenters. The lowest BCUT2D eigenvalue weighted by atomic mass is 9.78. The van der Waals surface area contributed by atoms with Crippen molar-refractivity contribution in [2.75, 3.05) is 27.2 Å². The number of rotatable bonds is 3. The molecule has 29 heavy (non-hydrogen) atoms. The highest BCUT2D eigenvalue weighted by molar-refractivity contribution is 5.92. The minimum atomic E-state index is -0.330. The predicted molar refractivity (Wildman–Crippen MR) is 112 cm³/mol. The number of para-hydroxylation sites is 1. The van der Waals surface area contributed by atoms with Crippen LogP contribution in [-0.2, 0) is 6.54 Å². The molecule has 2 aliphatic rings. The topological polar surface area (TPSA) is 58.6 Å². The van der Waals surface area contributed by atoms with Gasteiger partial charge in [-0.1, -0.05) is 18.2 Å². The molecule has 1 amide bonds. The molecule has 0 N–H and O–H groups in total. The molecule has 0 saturated heterocycles. The number of ether oxygens (including phenoxy) is 1. The van der Waals surface area contributed by atoms with Crippen LogP contribution in [-0.4, -0.2) is 58.5 Å². The van der Waals surface area contributed by atoms with Crippen LogP contribution in [0.4, 0.5) is 0 Å². The maximum absolute atomic E-state index is 13.3. The molecule has 154 valence electrons. The molecule has 1 aromatic heterocycles. The molecule has 1 saturated carbocycles. The summed E-state index contributed by atoms with van der Waals surface area (Å²) in [5.41, 5.74) is 1.92. The Morgan fingerprint density at radius 1 is 1.21 bits per heavy atom. The number of aryl methyl sites for hydroxylation is 1. The first-order chi connectivity index (χ1) is 13.9. The van der Waals surface area contributed by atoms with Gasteiger partial charge in [0, 0.05) is 24.8 Å². The highest BCUT2D eigenvalue weighted by atomic mass is 16.5. The van der Waals surface area contributed by atoms with Crippen molar-refractivity contribution < 1.29 is 9.53 Å². The van der Waals surface area contributed by atoms with E-state index in [9.17, 15) is 4.79 Å². The van der Waals surface area contributed by atoms with Crippen molar-refractivity contribution >= 4 is 5.91 Å². The van der Waals surface area contributed by atoms with E-state index in [2.05, 4.69) is 29.0 Å². The van der Waals surface area contributed by atoms with Gasteiger partial charge in [-0.3, -0.25) is 9.78 Å². The van der Waals surface area contributed by atoms with Gasteiger partial charge in [0.1, 0.15) is 17.0 Å². The van der Waals surface area contributed by atoms with E-state index < -0.39 is 0 Å². The summed E-state index contributed by atoms with van der Waals surface area (Å²) in [6, 6.07) is 8.09.